The first kappa shape index (κ1) is 20.2. The highest BCUT2D eigenvalue weighted by Crippen LogP contribution is 2.24. The maximum absolute atomic E-state index is 12.6. The fourth-order valence-corrected chi connectivity index (χ4v) is 3.30. The second-order valence-electron chi connectivity index (χ2n) is 7.19. The van der Waals surface area contributed by atoms with Gasteiger partial charge < -0.3 is 15.2 Å². The van der Waals surface area contributed by atoms with E-state index in [0.717, 1.165) is 21.9 Å². The van der Waals surface area contributed by atoms with Crippen molar-refractivity contribution in [3.63, 3.8) is 0 Å². The molecule has 0 saturated carbocycles. The molecule has 0 spiro atoms. The summed E-state index contributed by atoms with van der Waals surface area (Å²) in [5.74, 6) is -0.775. The number of hydrogen-bond donors (Lipinski definition) is 2. The Morgan fingerprint density at radius 3 is 2.13 bits per heavy atom. The first-order valence-corrected chi connectivity index (χ1v) is 9.90. The normalized spacial score (nSPS) is 11.6. The van der Waals surface area contributed by atoms with Crippen molar-refractivity contribution in [2.24, 2.45) is 0 Å². The topological polar surface area (TPSA) is 75.6 Å². The third-order valence-corrected chi connectivity index (χ3v) is 5.02. The molecule has 0 radical (unpaired) electrons. The molecule has 0 aliphatic heterocycles. The standard InChI is InChI=1S/C26H21NO4/c1-17(25(29)27-24-8-4-6-20-5-2-3-7-23(20)24)31-26(30)21-11-9-18(10-12-21)19-13-15-22(28)16-14-19/h2-17,28H,1H3,(H,27,29)/t17-/m1/s1. The summed E-state index contributed by atoms with van der Waals surface area (Å²) in [6, 6.07) is 27.1. The van der Waals surface area contributed by atoms with Gasteiger partial charge in [0.1, 0.15) is 5.75 Å². The van der Waals surface area contributed by atoms with Gasteiger partial charge in [0, 0.05) is 11.1 Å². The molecule has 0 heterocycles. The maximum atomic E-state index is 12.6. The van der Waals surface area contributed by atoms with Gasteiger partial charge in [-0.05, 0) is 53.8 Å². The van der Waals surface area contributed by atoms with Crippen molar-refractivity contribution < 1.29 is 19.4 Å². The molecule has 0 bridgehead atoms. The number of anilines is 1. The van der Waals surface area contributed by atoms with E-state index in [4.69, 9.17) is 4.74 Å². The zero-order valence-electron chi connectivity index (χ0n) is 16.9. The number of esters is 1. The summed E-state index contributed by atoms with van der Waals surface area (Å²) in [4.78, 5) is 25.1. The lowest BCUT2D eigenvalue weighted by atomic mass is 10.0. The minimum atomic E-state index is -0.955. The molecule has 5 nitrogen and oxygen atoms in total. The molecule has 1 amide bonds. The molecule has 1 atom stereocenters. The Hall–Kier alpha value is -4.12. The van der Waals surface area contributed by atoms with E-state index in [1.165, 1.54) is 0 Å². The van der Waals surface area contributed by atoms with Crippen molar-refractivity contribution in [1.82, 2.24) is 0 Å². The molecular formula is C26H21NO4. The zero-order chi connectivity index (χ0) is 21.8. The summed E-state index contributed by atoms with van der Waals surface area (Å²) in [5.41, 5.74) is 2.84. The number of aromatic hydroxyl groups is 1. The van der Waals surface area contributed by atoms with Crippen LogP contribution >= 0.6 is 0 Å². The highest BCUT2D eigenvalue weighted by Gasteiger charge is 2.19. The largest absolute Gasteiger partial charge is 0.508 e. The van der Waals surface area contributed by atoms with Gasteiger partial charge in [-0.3, -0.25) is 4.79 Å². The predicted octanol–water partition coefficient (Wildman–Crippen LogP) is 5.40. The molecule has 2 N–H and O–H groups in total. The van der Waals surface area contributed by atoms with Crippen LogP contribution < -0.4 is 5.32 Å². The van der Waals surface area contributed by atoms with Crippen LogP contribution in [0.25, 0.3) is 21.9 Å². The third kappa shape index (κ3) is 4.56. The first-order valence-electron chi connectivity index (χ1n) is 9.90. The van der Waals surface area contributed by atoms with Gasteiger partial charge in [-0.2, -0.15) is 0 Å². The minimum absolute atomic E-state index is 0.194. The van der Waals surface area contributed by atoms with Crippen molar-refractivity contribution in [2.45, 2.75) is 13.0 Å². The third-order valence-electron chi connectivity index (χ3n) is 5.02. The number of fused-ring (bicyclic) bond motifs is 1. The molecule has 4 aromatic rings. The van der Waals surface area contributed by atoms with Gasteiger partial charge in [-0.25, -0.2) is 4.79 Å². The summed E-state index contributed by atoms with van der Waals surface area (Å²) >= 11 is 0. The molecule has 154 valence electrons. The molecule has 0 fully saturated rings. The van der Waals surface area contributed by atoms with Gasteiger partial charge in [0.25, 0.3) is 5.91 Å². The average molecular weight is 411 g/mol. The summed E-state index contributed by atoms with van der Waals surface area (Å²) in [7, 11) is 0. The highest BCUT2D eigenvalue weighted by atomic mass is 16.5. The van der Waals surface area contributed by atoms with E-state index in [1.54, 1.807) is 55.5 Å². The number of phenols is 1. The Kier molecular flexibility index (Phi) is 5.67. The summed E-state index contributed by atoms with van der Waals surface area (Å²) in [6.07, 6.45) is -0.955. The minimum Gasteiger partial charge on any atom is -0.508 e. The van der Waals surface area contributed by atoms with Gasteiger partial charge in [-0.1, -0.05) is 60.7 Å². The van der Waals surface area contributed by atoms with E-state index in [9.17, 15) is 14.7 Å². The molecular weight excluding hydrogens is 390 g/mol. The molecule has 0 unspecified atom stereocenters. The molecule has 31 heavy (non-hydrogen) atoms. The quantitative estimate of drug-likeness (QED) is 0.431. The van der Waals surface area contributed by atoms with Crippen LogP contribution in [0.3, 0.4) is 0 Å². The fraction of sp³-hybridized carbons (Fsp3) is 0.0769. The molecule has 0 aliphatic rings. The Morgan fingerprint density at radius 2 is 1.42 bits per heavy atom. The van der Waals surface area contributed by atoms with Crippen molar-refractivity contribution >= 4 is 28.3 Å². The van der Waals surface area contributed by atoms with Crippen LogP contribution in [0.15, 0.2) is 91.0 Å². The van der Waals surface area contributed by atoms with E-state index in [0.29, 0.717) is 11.3 Å². The number of nitrogens with one attached hydrogen (secondary N) is 1. The Labute approximate surface area is 179 Å². The SMILES string of the molecule is C[C@@H](OC(=O)c1ccc(-c2ccc(O)cc2)cc1)C(=O)Nc1cccc2ccccc12. The number of carbonyl (C=O) groups excluding carboxylic acids is 2. The monoisotopic (exact) mass is 411 g/mol. The lowest BCUT2D eigenvalue weighted by molar-refractivity contribution is -0.123. The summed E-state index contributed by atoms with van der Waals surface area (Å²) < 4.78 is 5.36. The van der Waals surface area contributed by atoms with E-state index in [-0.39, 0.29) is 5.75 Å². The molecule has 5 heteroatoms. The fourth-order valence-electron chi connectivity index (χ4n) is 3.30. The molecule has 0 aliphatic carbocycles. The number of hydrogen-bond acceptors (Lipinski definition) is 4. The smallest absolute Gasteiger partial charge is 0.338 e. The number of benzene rings is 4. The van der Waals surface area contributed by atoms with E-state index in [1.807, 2.05) is 42.5 Å². The maximum Gasteiger partial charge on any atom is 0.338 e. The number of carbonyl (C=O) groups is 2. The van der Waals surface area contributed by atoms with Crippen LogP contribution in [0.1, 0.15) is 17.3 Å². The molecule has 0 aromatic heterocycles. The van der Waals surface area contributed by atoms with Crippen LogP contribution in [0.5, 0.6) is 5.75 Å². The first-order chi connectivity index (χ1) is 15.0. The summed E-state index contributed by atoms with van der Waals surface area (Å²) in [5, 5.41) is 14.2. The Bertz CT molecular complexity index is 1230. The van der Waals surface area contributed by atoms with E-state index >= 15 is 0 Å². The van der Waals surface area contributed by atoms with Gasteiger partial charge in [-0.15, -0.1) is 0 Å². The second-order valence-corrected chi connectivity index (χ2v) is 7.19. The Morgan fingerprint density at radius 1 is 0.806 bits per heavy atom. The van der Waals surface area contributed by atoms with Crippen molar-refractivity contribution in [3.8, 4) is 16.9 Å². The summed E-state index contributed by atoms with van der Waals surface area (Å²) in [6.45, 7) is 1.54. The van der Waals surface area contributed by atoms with Crippen LogP contribution in [0.4, 0.5) is 5.69 Å². The average Bonchev–Trinajstić information content (AvgIpc) is 2.80. The lowest BCUT2D eigenvalue weighted by Crippen LogP contribution is -2.30. The number of phenolic OH excluding ortho intramolecular Hbond substituents is 1. The van der Waals surface area contributed by atoms with Crippen LogP contribution in [0, 0.1) is 0 Å². The highest BCUT2D eigenvalue weighted by molar-refractivity contribution is 6.04. The van der Waals surface area contributed by atoms with E-state index in [2.05, 4.69) is 5.32 Å². The van der Waals surface area contributed by atoms with Crippen LogP contribution in [0.2, 0.25) is 0 Å². The van der Waals surface area contributed by atoms with Crippen molar-refractivity contribution in [1.29, 1.82) is 0 Å². The van der Waals surface area contributed by atoms with Crippen LogP contribution in [-0.4, -0.2) is 23.1 Å². The van der Waals surface area contributed by atoms with Crippen LogP contribution in [-0.2, 0) is 9.53 Å². The van der Waals surface area contributed by atoms with Gasteiger partial charge in [0.05, 0.1) is 5.56 Å². The van der Waals surface area contributed by atoms with Crippen molar-refractivity contribution in [2.75, 3.05) is 5.32 Å². The number of amides is 1. The predicted molar refractivity (Wildman–Crippen MR) is 121 cm³/mol. The lowest BCUT2D eigenvalue weighted by Gasteiger charge is -2.15. The number of ether oxygens (including phenoxy) is 1. The molecule has 4 rings (SSSR count). The van der Waals surface area contributed by atoms with Gasteiger partial charge in [0.15, 0.2) is 6.10 Å². The Balaban J connectivity index is 1.41. The van der Waals surface area contributed by atoms with Crippen molar-refractivity contribution in [3.05, 3.63) is 96.6 Å². The molecule has 4 aromatic carbocycles. The zero-order valence-corrected chi connectivity index (χ0v) is 16.9. The van der Waals surface area contributed by atoms with E-state index < -0.39 is 18.0 Å². The molecule has 0 saturated heterocycles. The second kappa shape index (κ2) is 8.71. The van der Waals surface area contributed by atoms with Gasteiger partial charge in [0.2, 0.25) is 0 Å². The van der Waals surface area contributed by atoms with Gasteiger partial charge >= 0.3 is 5.97 Å². The number of rotatable bonds is 5.